The van der Waals surface area contributed by atoms with Crippen LogP contribution in [-0.4, -0.2) is 60.0 Å². The van der Waals surface area contributed by atoms with Gasteiger partial charge in [-0.15, -0.1) is 0 Å². The Balaban J connectivity index is 1.67. The lowest BCUT2D eigenvalue weighted by Gasteiger charge is -2.39. The van der Waals surface area contributed by atoms with Crippen LogP contribution in [0.3, 0.4) is 0 Å². The maximum absolute atomic E-state index is 14.2. The highest BCUT2D eigenvalue weighted by atomic mass is 35.5. The van der Waals surface area contributed by atoms with E-state index in [1.807, 2.05) is 12.1 Å². The van der Waals surface area contributed by atoms with E-state index in [1.165, 1.54) is 6.07 Å². The van der Waals surface area contributed by atoms with Crippen LogP contribution >= 0.6 is 11.6 Å². The summed E-state index contributed by atoms with van der Waals surface area (Å²) in [6.45, 7) is 8.81. The van der Waals surface area contributed by atoms with E-state index in [-0.39, 0.29) is 16.7 Å². The lowest BCUT2D eigenvalue weighted by molar-refractivity contribution is 0.0817. The van der Waals surface area contributed by atoms with Crippen LogP contribution in [0, 0.1) is 5.82 Å². The summed E-state index contributed by atoms with van der Waals surface area (Å²) in [4.78, 5) is 23.1. The Hall–Kier alpha value is -2.38. The molecule has 154 valence electrons. The maximum Gasteiger partial charge on any atom is 0.256 e. The van der Waals surface area contributed by atoms with Crippen LogP contribution in [-0.2, 0) is 6.54 Å². The summed E-state index contributed by atoms with van der Waals surface area (Å²) in [5.41, 5.74) is 3.46. The van der Waals surface area contributed by atoms with Gasteiger partial charge >= 0.3 is 0 Å². The average Bonchev–Trinajstić information content (AvgIpc) is 3.00. The number of carbonyl (C=O) groups excluding carboxylic acids is 1. The number of anilines is 3. The van der Waals surface area contributed by atoms with Gasteiger partial charge in [-0.25, -0.2) is 9.37 Å². The number of carbonyl (C=O) groups is 1. The summed E-state index contributed by atoms with van der Waals surface area (Å²) in [6.07, 6.45) is 1.07. The first-order valence-corrected chi connectivity index (χ1v) is 10.2. The monoisotopic (exact) mass is 417 g/mol. The van der Waals surface area contributed by atoms with Crippen LogP contribution in [0.5, 0.6) is 0 Å². The summed E-state index contributed by atoms with van der Waals surface area (Å²) < 4.78 is 14.2. The third kappa shape index (κ3) is 3.76. The standard InChI is InChI=1S/C21H25ClFN5O/c1-13(2)27-6-8-28(9-7-27)18-5-4-16(20-14(18)12-26(3)21(20)29)25-17-10-19(22)24-11-15(17)23/h4-5,10-11,13H,6-9,12H2,1-3H3,(H,24,25). The van der Waals surface area contributed by atoms with Crippen LogP contribution in [0.15, 0.2) is 24.4 Å². The molecule has 4 rings (SSSR count). The summed E-state index contributed by atoms with van der Waals surface area (Å²) in [5.74, 6) is -0.582. The summed E-state index contributed by atoms with van der Waals surface area (Å²) in [7, 11) is 1.79. The molecule has 0 spiro atoms. The molecule has 1 N–H and O–H groups in total. The van der Waals surface area contributed by atoms with Crippen molar-refractivity contribution in [2.75, 3.05) is 43.4 Å². The van der Waals surface area contributed by atoms with E-state index >= 15 is 0 Å². The second-order valence-electron chi connectivity index (χ2n) is 7.88. The number of amides is 1. The molecule has 1 aromatic carbocycles. The molecule has 1 saturated heterocycles. The van der Waals surface area contributed by atoms with Crippen molar-refractivity contribution in [1.29, 1.82) is 0 Å². The lowest BCUT2D eigenvalue weighted by Crippen LogP contribution is -2.49. The SMILES string of the molecule is CC(C)N1CCN(c2ccc(Nc3cc(Cl)ncc3F)c3c2CN(C)C3=O)CC1. The van der Waals surface area contributed by atoms with Crippen LogP contribution in [0.2, 0.25) is 5.15 Å². The topological polar surface area (TPSA) is 51.7 Å². The van der Waals surface area contributed by atoms with Crippen molar-refractivity contribution in [3.63, 3.8) is 0 Å². The molecule has 0 aliphatic carbocycles. The number of piperazine rings is 1. The van der Waals surface area contributed by atoms with Gasteiger partial charge in [0.05, 0.1) is 23.1 Å². The first-order valence-electron chi connectivity index (χ1n) is 9.83. The maximum atomic E-state index is 14.2. The second-order valence-corrected chi connectivity index (χ2v) is 8.26. The Bertz CT molecular complexity index is 943. The summed E-state index contributed by atoms with van der Waals surface area (Å²) >= 11 is 5.91. The second kappa shape index (κ2) is 7.80. The van der Waals surface area contributed by atoms with Gasteiger partial charge in [-0.1, -0.05) is 11.6 Å². The molecule has 0 unspecified atom stereocenters. The highest BCUT2D eigenvalue weighted by molar-refractivity contribution is 6.29. The number of hydrogen-bond donors (Lipinski definition) is 1. The van der Waals surface area contributed by atoms with Gasteiger partial charge in [-0.2, -0.15) is 0 Å². The van der Waals surface area contributed by atoms with Crippen molar-refractivity contribution in [2.24, 2.45) is 0 Å². The summed E-state index contributed by atoms with van der Waals surface area (Å²) in [5, 5.41) is 3.23. The molecular weight excluding hydrogens is 393 g/mol. The average molecular weight is 418 g/mol. The van der Waals surface area contributed by atoms with E-state index in [1.54, 1.807) is 11.9 Å². The Morgan fingerprint density at radius 1 is 1.17 bits per heavy atom. The number of hydrogen-bond acceptors (Lipinski definition) is 5. The van der Waals surface area contributed by atoms with Gasteiger partial charge < -0.3 is 15.1 Å². The minimum Gasteiger partial charge on any atom is -0.369 e. The Morgan fingerprint density at radius 3 is 2.59 bits per heavy atom. The van der Waals surface area contributed by atoms with Gasteiger partial charge in [0.2, 0.25) is 0 Å². The van der Waals surface area contributed by atoms with Crippen LogP contribution in [0.25, 0.3) is 0 Å². The number of nitrogens with zero attached hydrogens (tertiary/aromatic N) is 4. The van der Waals surface area contributed by atoms with E-state index < -0.39 is 5.82 Å². The zero-order valence-electron chi connectivity index (χ0n) is 16.9. The highest BCUT2D eigenvalue weighted by Gasteiger charge is 2.32. The number of nitrogens with one attached hydrogen (secondary N) is 1. The molecule has 0 radical (unpaired) electrons. The summed E-state index contributed by atoms with van der Waals surface area (Å²) in [6, 6.07) is 5.84. The van der Waals surface area contributed by atoms with E-state index in [2.05, 4.69) is 33.9 Å². The van der Waals surface area contributed by atoms with E-state index in [0.29, 0.717) is 23.8 Å². The van der Waals surface area contributed by atoms with Gasteiger partial charge in [-0.3, -0.25) is 9.69 Å². The smallest absolute Gasteiger partial charge is 0.256 e. The molecule has 0 bridgehead atoms. The fourth-order valence-corrected chi connectivity index (χ4v) is 4.23. The molecular formula is C21H25ClFN5O. The predicted octanol–water partition coefficient (Wildman–Crippen LogP) is 3.73. The number of fused-ring (bicyclic) bond motifs is 1. The van der Waals surface area contributed by atoms with Gasteiger partial charge in [0, 0.05) is 63.1 Å². The Labute approximate surface area is 175 Å². The zero-order valence-corrected chi connectivity index (χ0v) is 17.6. The number of benzene rings is 1. The first kappa shape index (κ1) is 19.9. The zero-order chi connectivity index (χ0) is 20.7. The molecule has 29 heavy (non-hydrogen) atoms. The van der Waals surface area contributed by atoms with Gasteiger partial charge in [-0.05, 0) is 26.0 Å². The van der Waals surface area contributed by atoms with Crippen molar-refractivity contribution >= 4 is 34.6 Å². The van der Waals surface area contributed by atoms with E-state index in [0.717, 1.165) is 43.6 Å². The number of rotatable bonds is 4. The normalized spacial score (nSPS) is 17.2. The highest BCUT2D eigenvalue weighted by Crippen LogP contribution is 2.38. The molecule has 3 heterocycles. The van der Waals surface area contributed by atoms with Gasteiger partial charge in [0.1, 0.15) is 5.15 Å². The van der Waals surface area contributed by atoms with E-state index in [9.17, 15) is 9.18 Å². The fraction of sp³-hybridized carbons (Fsp3) is 0.429. The Kier molecular flexibility index (Phi) is 5.36. The number of aromatic nitrogens is 1. The molecule has 8 heteroatoms. The quantitative estimate of drug-likeness (QED) is 0.768. The first-order chi connectivity index (χ1) is 13.8. The van der Waals surface area contributed by atoms with Crippen molar-refractivity contribution in [1.82, 2.24) is 14.8 Å². The lowest BCUT2D eigenvalue weighted by atomic mass is 10.0. The third-order valence-corrected chi connectivity index (χ3v) is 5.93. The van der Waals surface area contributed by atoms with E-state index in [4.69, 9.17) is 11.6 Å². The number of pyridine rings is 1. The minimum absolute atomic E-state index is 0.0641. The van der Waals surface area contributed by atoms with Gasteiger partial charge in [0.25, 0.3) is 5.91 Å². The minimum atomic E-state index is -0.518. The molecule has 0 atom stereocenters. The molecule has 2 aromatic rings. The Morgan fingerprint density at radius 2 is 1.90 bits per heavy atom. The molecule has 1 amide bonds. The van der Waals surface area contributed by atoms with Crippen molar-refractivity contribution in [3.8, 4) is 0 Å². The fourth-order valence-electron chi connectivity index (χ4n) is 4.07. The molecule has 6 nitrogen and oxygen atoms in total. The predicted molar refractivity (Wildman–Crippen MR) is 114 cm³/mol. The van der Waals surface area contributed by atoms with Crippen molar-refractivity contribution < 1.29 is 9.18 Å². The van der Waals surface area contributed by atoms with Crippen molar-refractivity contribution in [2.45, 2.75) is 26.4 Å². The van der Waals surface area contributed by atoms with Crippen LogP contribution in [0.4, 0.5) is 21.5 Å². The third-order valence-electron chi connectivity index (χ3n) is 5.72. The van der Waals surface area contributed by atoms with Crippen molar-refractivity contribution in [3.05, 3.63) is 46.5 Å². The molecule has 0 saturated carbocycles. The molecule has 2 aliphatic rings. The number of halogens is 2. The van der Waals surface area contributed by atoms with Crippen LogP contribution in [0.1, 0.15) is 29.8 Å². The van der Waals surface area contributed by atoms with Gasteiger partial charge in [0.15, 0.2) is 5.82 Å². The molecule has 2 aliphatic heterocycles. The molecule has 1 aromatic heterocycles. The largest absolute Gasteiger partial charge is 0.369 e. The molecule has 1 fully saturated rings. The van der Waals surface area contributed by atoms with Crippen LogP contribution < -0.4 is 10.2 Å².